The smallest absolute Gasteiger partial charge is 0.281 e. The Morgan fingerprint density at radius 3 is 2.35 bits per heavy atom. The number of methoxy groups -OCH3 is 1. The molecule has 2 rings (SSSR count). The minimum Gasteiger partial charge on any atom is -0.497 e. The molecule has 0 aliphatic carbocycles. The standard InChI is InChI=1S/C15H25N3O4S/c1-16(2)23(20,21)18-10-14(15(19)11-18)17(3)9-12-5-7-13(22-4)8-6-12/h5-8,14-15,19H,9-11H2,1-4H3/t14-,15-/m1/s1. The van der Waals surface area contributed by atoms with Crippen LogP contribution in [-0.4, -0.2) is 80.5 Å². The van der Waals surface area contributed by atoms with Gasteiger partial charge in [-0.3, -0.25) is 4.90 Å². The summed E-state index contributed by atoms with van der Waals surface area (Å²) in [6.07, 6.45) is -0.701. The molecular formula is C15H25N3O4S. The highest BCUT2D eigenvalue weighted by Gasteiger charge is 2.40. The molecule has 0 aromatic heterocycles. The van der Waals surface area contributed by atoms with E-state index in [2.05, 4.69) is 0 Å². The van der Waals surface area contributed by atoms with Crippen LogP contribution in [0.15, 0.2) is 24.3 Å². The molecule has 1 N–H and O–H groups in total. The fourth-order valence-corrected chi connectivity index (χ4v) is 3.87. The number of aliphatic hydroxyl groups excluding tert-OH is 1. The third kappa shape index (κ3) is 4.02. The van der Waals surface area contributed by atoms with Crippen LogP contribution in [0.2, 0.25) is 0 Å². The number of rotatable bonds is 6. The molecule has 0 unspecified atom stereocenters. The molecule has 7 nitrogen and oxygen atoms in total. The van der Waals surface area contributed by atoms with Crippen molar-refractivity contribution in [1.29, 1.82) is 0 Å². The van der Waals surface area contributed by atoms with Gasteiger partial charge in [-0.15, -0.1) is 0 Å². The molecule has 130 valence electrons. The average molecular weight is 343 g/mol. The Bertz CT molecular complexity index is 618. The van der Waals surface area contributed by atoms with Gasteiger partial charge in [-0.25, -0.2) is 0 Å². The fraction of sp³-hybridized carbons (Fsp3) is 0.600. The predicted molar refractivity (Wildman–Crippen MR) is 88.4 cm³/mol. The number of benzene rings is 1. The SMILES string of the molecule is COc1ccc(CN(C)[C@@H]2CN(S(=O)(=O)N(C)C)C[C@H]2O)cc1. The van der Waals surface area contributed by atoms with Crippen LogP contribution in [0.1, 0.15) is 5.56 Å². The van der Waals surface area contributed by atoms with Crippen LogP contribution < -0.4 is 4.74 Å². The Morgan fingerprint density at radius 2 is 1.83 bits per heavy atom. The number of hydrogen-bond donors (Lipinski definition) is 1. The van der Waals surface area contributed by atoms with Gasteiger partial charge in [-0.05, 0) is 24.7 Å². The Morgan fingerprint density at radius 1 is 1.22 bits per heavy atom. The number of β-amino-alcohol motifs (C(OH)–C–C–N with tert-alkyl or cyclic N) is 1. The molecule has 8 heteroatoms. The second kappa shape index (κ2) is 7.14. The quantitative estimate of drug-likeness (QED) is 0.786. The number of nitrogens with zero attached hydrogens (tertiary/aromatic N) is 3. The van der Waals surface area contributed by atoms with Crippen LogP contribution in [0.5, 0.6) is 5.75 Å². The van der Waals surface area contributed by atoms with Crippen molar-refractivity contribution >= 4 is 10.2 Å². The van der Waals surface area contributed by atoms with E-state index in [4.69, 9.17) is 4.74 Å². The molecule has 1 aliphatic heterocycles. The van der Waals surface area contributed by atoms with Gasteiger partial charge < -0.3 is 9.84 Å². The highest BCUT2D eigenvalue weighted by atomic mass is 32.2. The molecule has 1 fully saturated rings. The Kier molecular flexibility index (Phi) is 5.64. The van der Waals surface area contributed by atoms with E-state index in [1.807, 2.05) is 36.2 Å². The Hall–Kier alpha value is -1.19. The highest BCUT2D eigenvalue weighted by molar-refractivity contribution is 7.86. The third-order valence-corrected chi connectivity index (χ3v) is 6.04. The van der Waals surface area contributed by atoms with Crippen LogP contribution in [0.25, 0.3) is 0 Å². The number of hydrogen-bond acceptors (Lipinski definition) is 5. The van der Waals surface area contributed by atoms with Crippen LogP contribution in [-0.2, 0) is 16.8 Å². The second-order valence-electron chi connectivity index (χ2n) is 6.01. The molecule has 0 spiro atoms. The van der Waals surface area contributed by atoms with Crippen molar-refractivity contribution in [2.24, 2.45) is 0 Å². The van der Waals surface area contributed by atoms with Gasteiger partial charge in [0.25, 0.3) is 10.2 Å². The molecule has 1 saturated heterocycles. The van der Waals surface area contributed by atoms with Gasteiger partial charge in [0.2, 0.25) is 0 Å². The van der Waals surface area contributed by atoms with Gasteiger partial charge in [-0.2, -0.15) is 17.0 Å². The van der Waals surface area contributed by atoms with Gasteiger partial charge in [0.1, 0.15) is 5.75 Å². The maximum absolute atomic E-state index is 12.2. The van der Waals surface area contributed by atoms with E-state index in [9.17, 15) is 13.5 Å². The van der Waals surface area contributed by atoms with Crippen LogP contribution in [0.3, 0.4) is 0 Å². The van der Waals surface area contributed by atoms with Crippen molar-refractivity contribution in [3.05, 3.63) is 29.8 Å². The minimum absolute atomic E-state index is 0.123. The maximum atomic E-state index is 12.2. The third-order valence-electron chi connectivity index (χ3n) is 4.17. The minimum atomic E-state index is -3.49. The maximum Gasteiger partial charge on any atom is 0.281 e. The predicted octanol–water partition coefficient (Wildman–Crippen LogP) is -0.0215. The summed E-state index contributed by atoms with van der Waals surface area (Å²) in [5, 5.41) is 10.2. The van der Waals surface area contributed by atoms with Crippen molar-refractivity contribution in [2.45, 2.75) is 18.7 Å². The van der Waals surface area contributed by atoms with Crippen molar-refractivity contribution in [2.75, 3.05) is 41.3 Å². The van der Waals surface area contributed by atoms with E-state index >= 15 is 0 Å². The highest BCUT2D eigenvalue weighted by Crippen LogP contribution is 2.21. The van der Waals surface area contributed by atoms with Crippen LogP contribution >= 0.6 is 0 Å². The first-order valence-corrected chi connectivity index (χ1v) is 8.84. The zero-order valence-electron chi connectivity index (χ0n) is 14.0. The fourth-order valence-electron chi connectivity index (χ4n) is 2.72. The first kappa shape index (κ1) is 18.2. The van der Waals surface area contributed by atoms with Gasteiger partial charge in [0.05, 0.1) is 19.3 Å². The Labute approximate surface area is 138 Å². The van der Waals surface area contributed by atoms with E-state index in [1.165, 1.54) is 22.7 Å². The summed E-state index contributed by atoms with van der Waals surface area (Å²) in [6.45, 7) is 1.04. The molecule has 23 heavy (non-hydrogen) atoms. The molecule has 1 heterocycles. The van der Waals surface area contributed by atoms with E-state index < -0.39 is 16.3 Å². The van der Waals surface area contributed by atoms with E-state index in [-0.39, 0.29) is 19.1 Å². The summed E-state index contributed by atoms with van der Waals surface area (Å²) in [7, 11) is 3.01. The lowest BCUT2D eigenvalue weighted by molar-refractivity contribution is 0.0953. The average Bonchev–Trinajstić information content (AvgIpc) is 2.90. The summed E-state index contributed by atoms with van der Waals surface area (Å²) in [5.41, 5.74) is 1.08. The molecule has 0 saturated carbocycles. The van der Waals surface area contributed by atoms with Crippen LogP contribution in [0, 0.1) is 0 Å². The number of likely N-dealkylation sites (N-methyl/N-ethyl adjacent to an activating group) is 1. The summed E-state index contributed by atoms with van der Waals surface area (Å²) in [6, 6.07) is 7.47. The zero-order valence-corrected chi connectivity index (χ0v) is 14.8. The summed E-state index contributed by atoms with van der Waals surface area (Å²) < 4.78 is 32.0. The van der Waals surface area contributed by atoms with Crippen molar-refractivity contribution < 1.29 is 18.3 Å². The summed E-state index contributed by atoms with van der Waals surface area (Å²) in [4.78, 5) is 1.98. The van der Waals surface area contributed by atoms with Crippen molar-refractivity contribution in [1.82, 2.24) is 13.5 Å². The molecule has 2 atom stereocenters. The first-order chi connectivity index (χ1) is 10.8. The zero-order chi connectivity index (χ0) is 17.2. The molecule has 0 amide bonds. The van der Waals surface area contributed by atoms with Crippen molar-refractivity contribution in [3.8, 4) is 5.75 Å². The number of ether oxygens (including phenoxy) is 1. The van der Waals surface area contributed by atoms with Crippen LogP contribution in [0.4, 0.5) is 0 Å². The Balaban J connectivity index is 2.03. The van der Waals surface area contributed by atoms with Crippen molar-refractivity contribution in [3.63, 3.8) is 0 Å². The topological polar surface area (TPSA) is 73.3 Å². The number of aliphatic hydroxyl groups is 1. The van der Waals surface area contributed by atoms with Gasteiger partial charge >= 0.3 is 0 Å². The normalized spacial score (nSPS) is 22.9. The lowest BCUT2D eigenvalue weighted by atomic mass is 10.1. The molecule has 1 aliphatic rings. The van der Waals surface area contributed by atoms with E-state index in [0.29, 0.717) is 6.54 Å². The van der Waals surface area contributed by atoms with Gasteiger partial charge in [0.15, 0.2) is 0 Å². The van der Waals surface area contributed by atoms with E-state index in [0.717, 1.165) is 11.3 Å². The molecule has 0 radical (unpaired) electrons. The molecule has 1 aromatic rings. The lowest BCUT2D eigenvalue weighted by Gasteiger charge is -2.27. The monoisotopic (exact) mass is 343 g/mol. The van der Waals surface area contributed by atoms with Gasteiger partial charge in [0, 0.05) is 33.7 Å². The largest absolute Gasteiger partial charge is 0.497 e. The summed E-state index contributed by atoms with van der Waals surface area (Å²) in [5.74, 6) is 0.792. The molecule has 1 aromatic carbocycles. The van der Waals surface area contributed by atoms with E-state index in [1.54, 1.807) is 7.11 Å². The van der Waals surface area contributed by atoms with Gasteiger partial charge in [-0.1, -0.05) is 12.1 Å². The lowest BCUT2D eigenvalue weighted by Crippen LogP contribution is -2.42. The first-order valence-electron chi connectivity index (χ1n) is 7.44. The summed E-state index contributed by atoms with van der Waals surface area (Å²) >= 11 is 0. The molecular weight excluding hydrogens is 318 g/mol. The second-order valence-corrected chi connectivity index (χ2v) is 8.15. The molecule has 0 bridgehead atoms.